The summed E-state index contributed by atoms with van der Waals surface area (Å²) in [6, 6.07) is 21.9. The van der Waals surface area contributed by atoms with Gasteiger partial charge in [0.05, 0.1) is 6.61 Å². The van der Waals surface area contributed by atoms with Crippen molar-refractivity contribution < 1.29 is 9.53 Å². The lowest BCUT2D eigenvalue weighted by Crippen LogP contribution is -2.67. The lowest BCUT2D eigenvalue weighted by atomic mass is 9.75. The van der Waals surface area contributed by atoms with Crippen LogP contribution in [0, 0.1) is 5.41 Å². The SMILES string of the molecule is CC(C)(C)[Si](O[C@@H]1CC[C@]2(C=C(CO)CCC2)C1)(c1ccccc1)c1ccccc1. The van der Waals surface area contributed by atoms with Crippen molar-refractivity contribution in [2.75, 3.05) is 6.61 Å². The van der Waals surface area contributed by atoms with Crippen LogP contribution in [0.3, 0.4) is 0 Å². The summed E-state index contributed by atoms with van der Waals surface area (Å²) in [6.07, 6.45) is 9.53. The Hall–Kier alpha value is -1.68. The molecule has 0 radical (unpaired) electrons. The van der Waals surface area contributed by atoms with Crippen LogP contribution in [-0.2, 0) is 4.43 Å². The molecule has 0 unspecified atom stereocenters. The van der Waals surface area contributed by atoms with Crippen molar-refractivity contribution in [2.24, 2.45) is 5.41 Å². The predicted molar refractivity (Wildman–Crippen MR) is 128 cm³/mol. The van der Waals surface area contributed by atoms with E-state index in [-0.39, 0.29) is 23.2 Å². The molecule has 2 aromatic carbocycles. The highest BCUT2D eigenvalue weighted by atomic mass is 28.4. The van der Waals surface area contributed by atoms with E-state index in [9.17, 15) is 5.11 Å². The lowest BCUT2D eigenvalue weighted by molar-refractivity contribution is 0.176. The minimum absolute atomic E-state index is 0.0180. The van der Waals surface area contributed by atoms with Gasteiger partial charge in [-0.25, -0.2) is 0 Å². The number of hydrogen-bond acceptors (Lipinski definition) is 2. The normalized spacial score (nSPS) is 24.8. The highest BCUT2D eigenvalue weighted by molar-refractivity contribution is 6.99. The first kappa shape index (κ1) is 21.5. The highest BCUT2D eigenvalue weighted by Crippen LogP contribution is 2.50. The monoisotopic (exact) mass is 420 g/mol. The predicted octanol–water partition coefficient (Wildman–Crippen LogP) is 5.20. The molecule has 2 aromatic rings. The highest BCUT2D eigenvalue weighted by Gasteiger charge is 2.53. The van der Waals surface area contributed by atoms with E-state index in [4.69, 9.17) is 4.43 Å². The van der Waals surface area contributed by atoms with E-state index >= 15 is 0 Å². The molecule has 0 aromatic heterocycles. The molecule has 30 heavy (non-hydrogen) atoms. The van der Waals surface area contributed by atoms with Gasteiger partial charge in [0.15, 0.2) is 0 Å². The van der Waals surface area contributed by atoms with Crippen molar-refractivity contribution in [3.63, 3.8) is 0 Å². The largest absolute Gasteiger partial charge is 0.404 e. The third-order valence-corrected chi connectivity index (χ3v) is 12.3. The first-order valence-electron chi connectivity index (χ1n) is 11.5. The molecule has 0 aliphatic heterocycles. The molecule has 3 heteroatoms. The molecule has 2 aliphatic carbocycles. The molecule has 4 rings (SSSR count). The number of hydrogen-bond donors (Lipinski definition) is 1. The van der Waals surface area contributed by atoms with Crippen molar-refractivity contribution in [1.29, 1.82) is 0 Å². The van der Waals surface area contributed by atoms with Crippen LogP contribution < -0.4 is 10.4 Å². The third-order valence-electron chi connectivity index (χ3n) is 7.24. The standard InChI is InChI=1S/C27H36O2Si/c1-26(2,3)30(24-12-6-4-7-13-24,25-14-8-5-9-15-25)29-23-16-18-27(20-23)17-10-11-22(19-27)21-28/h4-9,12-15,19,23,28H,10-11,16-18,20-21H2,1-3H3/t23-,27-/m1/s1. The van der Waals surface area contributed by atoms with Gasteiger partial charge in [0, 0.05) is 6.10 Å². The summed E-state index contributed by atoms with van der Waals surface area (Å²) in [5.41, 5.74) is 1.46. The topological polar surface area (TPSA) is 29.5 Å². The van der Waals surface area contributed by atoms with E-state index in [1.807, 2.05) is 0 Å². The summed E-state index contributed by atoms with van der Waals surface area (Å²) in [5, 5.41) is 12.4. The second-order valence-electron chi connectivity index (χ2n) is 10.3. The Labute approximate surface area is 183 Å². The number of allylic oxidation sites excluding steroid dienone is 1. The fourth-order valence-electron chi connectivity index (χ4n) is 5.88. The Bertz CT molecular complexity index is 829. The first-order chi connectivity index (χ1) is 14.4. The first-order valence-corrected chi connectivity index (χ1v) is 13.4. The minimum Gasteiger partial charge on any atom is -0.404 e. The second-order valence-corrected chi connectivity index (χ2v) is 14.6. The second kappa shape index (κ2) is 8.45. The van der Waals surface area contributed by atoms with Crippen molar-refractivity contribution in [1.82, 2.24) is 0 Å². The van der Waals surface area contributed by atoms with Gasteiger partial charge in [0.1, 0.15) is 0 Å². The van der Waals surface area contributed by atoms with Gasteiger partial charge >= 0.3 is 0 Å². The maximum absolute atomic E-state index is 9.70. The van der Waals surface area contributed by atoms with Crippen LogP contribution in [0.1, 0.15) is 59.3 Å². The lowest BCUT2D eigenvalue weighted by Gasteiger charge is -2.45. The number of benzene rings is 2. The minimum atomic E-state index is -2.49. The van der Waals surface area contributed by atoms with E-state index in [1.54, 1.807) is 0 Å². The van der Waals surface area contributed by atoms with Crippen LogP contribution in [0.25, 0.3) is 0 Å². The number of aliphatic hydroxyl groups is 1. The van der Waals surface area contributed by atoms with Crippen LogP contribution in [0.2, 0.25) is 5.04 Å². The Morgan fingerprint density at radius 1 is 0.967 bits per heavy atom. The Kier molecular flexibility index (Phi) is 6.07. The van der Waals surface area contributed by atoms with Crippen molar-refractivity contribution in [2.45, 2.75) is 70.4 Å². The quantitative estimate of drug-likeness (QED) is 0.532. The van der Waals surface area contributed by atoms with Gasteiger partial charge in [-0.1, -0.05) is 87.5 Å². The maximum atomic E-state index is 9.70. The van der Waals surface area contributed by atoms with Crippen molar-refractivity contribution in [3.8, 4) is 0 Å². The zero-order valence-electron chi connectivity index (χ0n) is 18.7. The summed E-state index contributed by atoms with van der Waals surface area (Å²) in [7, 11) is -2.49. The molecule has 1 saturated carbocycles. The number of aliphatic hydroxyl groups excluding tert-OH is 1. The molecule has 0 amide bonds. The van der Waals surface area contributed by atoms with Crippen molar-refractivity contribution in [3.05, 3.63) is 72.3 Å². The summed E-state index contributed by atoms with van der Waals surface area (Å²) in [6.45, 7) is 7.28. The molecule has 0 heterocycles. The van der Waals surface area contributed by atoms with E-state index in [2.05, 4.69) is 87.5 Å². The van der Waals surface area contributed by atoms with Crippen LogP contribution in [0.15, 0.2) is 72.3 Å². The molecule has 0 saturated heterocycles. The summed E-state index contributed by atoms with van der Waals surface area (Å²) in [4.78, 5) is 0. The van der Waals surface area contributed by atoms with Crippen molar-refractivity contribution >= 4 is 18.7 Å². The van der Waals surface area contributed by atoms with E-state index in [0.29, 0.717) is 0 Å². The summed E-state index contributed by atoms with van der Waals surface area (Å²) < 4.78 is 7.38. The van der Waals surface area contributed by atoms with Gasteiger partial charge in [-0.15, -0.1) is 0 Å². The van der Waals surface area contributed by atoms with Gasteiger partial charge < -0.3 is 9.53 Å². The van der Waals surface area contributed by atoms with Crippen LogP contribution in [0.5, 0.6) is 0 Å². The average molecular weight is 421 g/mol. The van der Waals surface area contributed by atoms with Gasteiger partial charge in [0.2, 0.25) is 0 Å². The number of rotatable bonds is 5. The Balaban J connectivity index is 1.73. The molecular formula is C27H36O2Si. The third kappa shape index (κ3) is 3.95. The molecule has 1 N–H and O–H groups in total. The van der Waals surface area contributed by atoms with Crippen LogP contribution >= 0.6 is 0 Å². The van der Waals surface area contributed by atoms with Gasteiger partial charge in [-0.2, -0.15) is 0 Å². The molecule has 160 valence electrons. The molecular weight excluding hydrogens is 384 g/mol. The van der Waals surface area contributed by atoms with Gasteiger partial charge in [-0.3, -0.25) is 0 Å². The van der Waals surface area contributed by atoms with Crippen LogP contribution in [-0.4, -0.2) is 26.1 Å². The van der Waals surface area contributed by atoms with E-state index < -0.39 is 8.32 Å². The van der Waals surface area contributed by atoms with Gasteiger partial charge in [0.25, 0.3) is 8.32 Å². The molecule has 2 atom stereocenters. The molecule has 1 spiro atoms. The molecule has 2 aliphatic rings. The van der Waals surface area contributed by atoms with E-state index in [1.165, 1.54) is 35.2 Å². The Morgan fingerprint density at radius 3 is 2.10 bits per heavy atom. The summed E-state index contributed by atoms with van der Waals surface area (Å²) in [5.74, 6) is 0. The molecule has 1 fully saturated rings. The fourth-order valence-corrected chi connectivity index (χ4v) is 10.6. The van der Waals surface area contributed by atoms with E-state index in [0.717, 1.165) is 19.3 Å². The summed E-state index contributed by atoms with van der Waals surface area (Å²) >= 11 is 0. The van der Waals surface area contributed by atoms with Gasteiger partial charge in [-0.05, 0) is 64.9 Å². The molecule has 0 bridgehead atoms. The fraction of sp³-hybridized carbons (Fsp3) is 0.481. The maximum Gasteiger partial charge on any atom is 0.261 e. The zero-order chi connectivity index (χ0) is 21.2. The smallest absolute Gasteiger partial charge is 0.261 e. The molecule has 2 nitrogen and oxygen atoms in total. The Morgan fingerprint density at radius 2 is 1.57 bits per heavy atom. The zero-order valence-corrected chi connectivity index (χ0v) is 19.7. The van der Waals surface area contributed by atoms with Crippen LogP contribution in [0.4, 0.5) is 0 Å². The average Bonchev–Trinajstić information content (AvgIpc) is 3.13.